The second-order valence-electron chi connectivity index (χ2n) is 4.29. The average Bonchev–Trinajstić information content (AvgIpc) is 2.35. The molecule has 0 aliphatic carbocycles. The van der Waals surface area contributed by atoms with Gasteiger partial charge in [-0.2, -0.15) is 13.2 Å². The quantitative estimate of drug-likeness (QED) is 0.772. The number of alkyl halides is 3. The lowest BCUT2D eigenvalue weighted by Crippen LogP contribution is -2.50. The lowest BCUT2D eigenvalue weighted by Gasteiger charge is -2.28. The molecule has 3 N–H and O–H groups in total. The molecule has 0 amide bonds. The van der Waals surface area contributed by atoms with E-state index in [2.05, 4.69) is 0 Å². The summed E-state index contributed by atoms with van der Waals surface area (Å²) >= 11 is 0. The standard InChI is InChI=1S/C12H14F3NO4/c1-11(10(18)19,16-6-12(13,14)15)7-3-4-8(17)9(5-7)20-2/h3-5,16-17H,6H2,1-2H3,(H,18,19). The monoisotopic (exact) mass is 293 g/mol. The lowest BCUT2D eigenvalue weighted by atomic mass is 9.91. The van der Waals surface area contributed by atoms with Crippen molar-refractivity contribution in [3.8, 4) is 11.5 Å². The molecule has 0 spiro atoms. The molecule has 1 aromatic carbocycles. The van der Waals surface area contributed by atoms with Gasteiger partial charge in [-0.15, -0.1) is 0 Å². The Kier molecular flexibility index (Phi) is 4.49. The molecule has 0 fully saturated rings. The number of phenolic OH excluding ortho intramolecular Hbond substituents is 1. The number of carboxylic acids is 1. The Morgan fingerprint density at radius 1 is 1.40 bits per heavy atom. The van der Waals surface area contributed by atoms with Gasteiger partial charge in [-0.3, -0.25) is 5.32 Å². The van der Waals surface area contributed by atoms with E-state index in [1.807, 2.05) is 5.32 Å². The maximum Gasteiger partial charge on any atom is 0.401 e. The molecule has 1 aromatic rings. The van der Waals surface area contributed by atoms with Gasteiger partial charge in [0.2, 0.25) is 0 Å². The van der Waals surface area contributed by atoms with E-state index in [1.54, 1.807) is 0 Å². The summed E-state index contributed by atoms with van der Waals surface area (Å²) < 4.78 is 41.6. The first-order valence-corrected chi connectivity index (χ1v) is 5.53. The maximum absolute atomic E-state index is 12.3. The van der Waals surface area contributed by atoms with Crippen molar-refractivity contribution in [1.29, 1.82) is 0 Å². The summed E-state index contributed by atoms with van der Waals surface area (Å²) in [6, 6.07) is 3.55. The van der Waals surface area contributed by atoms with Crippen molar-refractivity contribution in [3.05, 3.63) is 23.8 Å². The minimum Gasteiger partial charge on any atom is -0.504 e. The largest absolute Gasteiger partial charge is 0.504 e. The number of carboxylic acid groups (broad SMARTS) is 1. The third-order valence-corrected chi connectivity index (χ3v) is 2.83. The van der Waals surface area contributed by atoms with Gasteiger partial charge in [-0.05, 0) is 24.6 Å². The molecule has 112 valence electrons. The summed E-state index contributed by atoms with van der Waals surface area (Å²) in [6.07, 6.45) is -4.54. The van der Waals surface area contributed by atoms with Gasteiger partial charge in [0.15, 0.2) is 11.5 Å². The van der Waals surface area contributed by atoms with Gasteiger partial charge in [0.05, 0.1) is 13.7 Å². The molecule has 0 saturated carbocycles. The van der Waals surface area contributed by atoms with Crippen molar-refractivity contribution in [1.82, 2.24) is 5.32 Å². The van der Waals surface area contributed by atoms with Crippen molar-refractivity contribution >= 4 is 5.97 Å². The second-order valence-corrected chi connectivity index (χ2v) is 4.29. The number of nitrogens with one attached hydrogen (secondary N) is 1. The summed E-state index contributed by atoms with van der Waals surface area (Å²) in [6.45, 7) is -0.355. The highest BCUT2D eigenvalue weighted by Crippen LogP contribution is 2.32. The number of aliphatic carboxylic acids is 1. The Hall–Kier alpha value is -1.96. The molecule has 0 aliphatic rings. The number of benzene rings is 1. The second kappa shape index (κ2) is 5.58. The van der Waals surface area contributed by atoms with Crippen molar-refractivity contribution < 1.29 is 32.9 Å². The first kappa shape index (κ1) is 16.1. The Bertz CT molecular complexity index is 504. The van der Waals surface area contributed by atoms with Crippen molar-refractivity contribution in [2.45, 2.75) is 18.6 Å². The van der Waals surface area contributed by atoms with Crippen LogP contribution in [-0.2, 0) is 10.3 Å². The highest BCUT2D eigenvalue weighted by Gasteiger charge is 2.39. The molecule has 0 heterocycles. The molecular formula is C12H14F3NO4. The zero-order chi connectivity index (χ0) is 15.6. The number of ether oxygens (including phenoxy) is 1. The molecule has 5 nitrogen and oxygen atoms in total. The van der Waals surface area contributed by atoms with E-state index in [0.29, 0.717) is 0 Å². The molecule has 1 atom stereocenters. The molecular weight excluding hydrogens is 279 g/mol. The molecule has 0 aromatic heterocycles. The van der Waals surface area contributed by atoms with Gasteiger partial charge in [0.25, 0.3) is 0 Å². The van der Waals surface area contributed by atoms with Gasteiger partial charge in [0.1, 0.15) is 5.54 Å². The SMILES string of the molecule is COc1cc(C(C)(NCC(F)(F)F)C(=O)O)ccc1O. The number of phenols is 1. The van der Waals surface area contributed by atoms with Crippen molar-refractivity contribution in [2.24, 2.45) is 0 Å². The molecule has 0 saturated heterocycles. The molecule has 20 heavy (non-hydrogen) atoms. The fourth-order valence-corrected chi connectivity index (χ4v) is 1.57. The van der Waals surface area contributed by atoms with Crippen LogP contribution in [0.25, 0.3) is 0 Å². The molecule has 0 aliphatic heterocycles. The van der Waals surface area contributed by atoms with Crippen LogP contribution in [0.5, 0.6) is 11.5 Å². The van der Waals surface area contributed by atoms with E-state index in [1.165, 1.54) is 19.2 Å². The zero-order valence-corrected chi connectivity index (χ0v) is 10.8. The van der Waals surface area contributed by atoms with Crippen LogP contribution >= 0.6 is 0 Å². The first-order chi connectivity index (χ1) is 9.10. The van der Waals surface area contributed by atoms with Crippen LogP contribution in [0.15, 0.2) is 18.2 Å². The molecule has 8 heteroatoms. The lowest BCUT2D eigenvalue weighted by molar-refractivity contribution is -0.150. The topological polar surface area (TPSA) is 78.8 Å². The maximum atomic E-state index is 12.3. The third-order valence-electron chi connectivity index (χ3n) is 2.83. The van der Waals surface area contributed by atoms with Crippen LogP contribution in [0, 0.1) is 0 Å². The van der Waals surface area contributed by atoms with Crippen molar-refractivity contribution in [2.75, 3.05) is 13.7 Å². The van der Waals surface area contributed by atoms with E-state index in [9.17, 15) is 28.2 Å². The number of halogens is 3. The number of hydrogen-bond acceptors (Lipinski definition) is 4. The molecule has 1 rings (SSSR count). The van der Waals surface area contributed by atoms with E-state index in [0.717, 1.165) is 13.0 Å². The number of carbonyl (C=O) groups is 1. The summed E-state index contributed by atoms with van der Waals surface area (Å²) in [5.74, 6) is -1.74. The van der Waals surface area contributed by atoms with Crippen LogP contribution in [0.4, 0.5) is 13.2 Å². The Morgan fingerprint density at radius 2 is 2.00 bits per heavy atom. The van der Waals surface area contributed by atoms with Gasteiger partial charge in [0, 0.05) is 0 Å². The minimum atomic E-state index is -4.54. The summed E-state index contributed by atoms with van der Waals surface area (Å²) in [5.41, 5.74) is -1.93. The van der Waals surface area contributed by atoms with E-state index in [4.69, 9.17) is 4.74 Å². The van der Waals surface area contributed by atoms with E-state index in [-0.39, 0.29) is 17.1 Å². The van der Waals surface area contributed by atoms with Crippen LogP contribution in [0.3, 0.4) is 0 Å². The summed E-state index contributed by atoms with van der Waals surface area (Å²) in [5, 5.41) is 20.6. The van der Waals surface area contributed by atoms with Gasteiger partial charge >= 0.3 is 12.1 Å². The fraction of sp³-hybridized carbons (Fsp3) is 0.417. The van der Waals surface area contributed by atoms with Crippen LogP contribution in [0.1, 0.15) is 12.5 Å². The number of hydrogen-bond donors (Lipinski definition) is 3. The fourth-order valence-electron chi connectivity index (χ4n) is 1.57. The van der Waals surface area contributed by atoms with Crippen LogP contribution in [0.2, 0.25) is 0 Å². The highest BCUT2D eigenvalue weighted by molar-refractivity contribution is 5.80. The minimum absolute atomic E-state index is 0.0243. The number of methoxy groups -OCH3 is 1. The van der Waals surface area contributed by atoms with Crippen molar-refractivity contribution in [3.63, 3.8) is 0 Å². The molecule has 0 bridgehead atoms. The normalized spacial score (nSPS) is 14.7. The van der Waals surface area contributed by atoms with E-state index >= 15 is 0 Å². The van der Waals surface area contributed by atoms with Gasteiger partial charge in [-0.1, -0.05) is 6.07 Å². The molecule has 0 radical (unpaired) electrons. The predicted octanol–water partition coefficient (Wildman–Crippen LogP) is 1.85. The van der Waals surface area contributed by atoms with Gasteiger partial charge in [-0.25, -0.2) is 4.79 Å². The zero-order valence-electron chi connectivity index (χ0n) is 10.8. The smallest absolute Gasteiger partial charge is 0.401 e. The Morgan fingerprint density at radius 3 is 2.45 bits per heavy atom. The third kappa shape index (κ3) is 3.53. The van der Waals surface area contributed by atoms with Crippen LogP contribution in [-0.4, -0.2) is 36.0 Å². The Labute approximate surface area is 113 Å². The number of rotatable bonds is 5. The molecule has 1 unspecified atom stereocenters. The predicted molar refractivity (Wildman–Crippen MR) is 63.7 cm³/mol. The summed E-state index contributed by atoms with van der Waals surface area (Å²) in [7, 11) is 1.25. The Balaban J connectivity index is 3.16. The average molecular weight is 293 g/mol. The number of aromatic hydroxyl groups is 1. The van der Waals surface area contributed by atoms with Gasteiger partial charge < -0.3 is 14.9 Å². The van der Waals surface area contributed by atoms with E-state index < -0.39 is 24.2 Å². The van der Waals surface area contributed by atoms with Crippen LogP contribution < -0.4 is 10.1 Å². The first-order valence-electron chi connectivity index (χ1n) is 5.53. The highest BCUT2D eigenvalue weighted by atomic mass is 19.4. The summed E-state index contributed by atoms with van der Waals surface area (Å²) in [4.78, 5) is 11.3.